The molecule has 0 amide bonds. The molecule has 4 rings (SSSR count). The van der Waals surface area contributed by atoms with Gasteiger partial charge in [0.15, 0.2) is 30.5 Å². The van der Waals surface area contributed by atoms with Crippen molar-refractivity contribution in [2.75, 3.05) is 24.2 Å². The first-order valence-electron chi connectivity index (χ1n) is 13.6. The number of benzene rings is 2. The first kappa shape index (κ1) is 36.0. The van der Waals surface area contributed by atoms with E-state index in [1.807, 2.05) is 4.72 Å². The summed E-state index contributed by atoms with van der Waals surface area (Å²) < 4.78 is 112. The maximum atomic E-state index is 13.4. The first-order chi connectivity index (χ1) is 22.0. The van der Waals surface area contributed by atoms with Crippen LogP contribution in [0.5, 0.6) is 11.5 Å². The molecule has 47 heavy (non-hydrogen) atoms. The van der Waals surface area contributed by atoms with Crippen LogP contribution in [0.2, 0.25) is 10.0 Å². The van der Waals surface area contributed by atoms with E-state index >= 15 is 0 Å². The third-order valence-electron chi connectivity index (χ3n) is 6.51. The van der Waals surface area contributed by atoms with Gasteiger partial charge >= 0.3 is 24.7 Å². The molecule has 0 saturated heterocycles. The van der Waals surface area contributed by atoms with E-state index in [1.165, 1.54) is 30.6 Å². The van der Waals surface area contributed by atoms with Crippen LogP contribution in [0.4, 0.5) is 27.6 Å². The fourth-order valence-corrected chi connectivity index (χ4v) is 5.27. The minimum atomic E-state index is -4.95. The Morgan fingerprint density at radius 1 is 1.04 bits per heavy atom. The number of ether oxygens (including phenoxy) is 4. The number of nitrogens with one attached hydrogen (secondary N) is 2. The van der Waals surface area contributed by atoms with Gasteiger partial charge in [-0.3, -0.25) is 4.72 Å². The molecule has 0 spiro atoms. The lowest BCUT2D eigenvalue weighted by molar-refractivity contribution is -0.377. The number of hydrogen-bond acceptors (Lipinski definition) is 8. The SMILES string of the molecule is CS(=O)(=O)Nc1cc(C(=O)OCC(=O)O[C@@H](Cc2c(Cl)c[nH+]cc2Cl)c2ccc(OC(F)F)c(OCC3CC3)c2)cc(C(F)(F)F)c1. The molecular weight excluding hydrogens is 702 g/mol. The summed E-state index contributed by atoms with van der Waals surface area (Å²) in [6.45, 7) is -4.00. The van der Waals surface area contributed by atoms with Crippen LogP contribution in [-0.2, 0) is 36.9 Å². The lowest BCUT2D eigenvalue weighted by Crippen LogP contribution is -2.21. The number of esters is 2. The Bertz CT molecular complexity index is 1720. The highest BCUT2D eigenvalue weighted by atomic mass is 35.5. The minimum Gasteiger partial charge on any atom is -0.489 e. The molecule has 0 unspecified atom stereocenters. The second-order valence-electron chi connectivity index (χ2n) is 10.4. The van der Waals surface area contributed by atoms with Crippen LogP contribution < -0.4 is 19.2 Å². The van der Waals surface area contributed by atoms with E-state index in [1.54, 1.807) is 0 Å². The van der Waals surface area contributed by atoms with Crippen molar-refractivity contribution in [1.29, 1.82) is 0 Å². The average molecular weight is 728 g/mol. The van der Waals surface area contributed by atoms with Crippen LogP contribution in [0.25, 0.3) is 0 Å². The van der Waals surface area contributed by atoms with Gasteiger partial charge in [0.1, 0.15) is 16.1 Å². The van der Waals surface area contributed by atoms with E-state index in [9.17, 15) is 40.0 Å². The van der Waals surface area contributed by atoms with Gasteiger partial charge in [-0.25, -0.2) is 23.0 Å². The summed E-state index contributed by atoms with van der Waals surface area (Å²) in [5, 5.41) is 0.326. The quantitative estimate of drug-likeness (QED) is 0.152. The lowest BCUT2D eigenvalue weighted by Gasteiger charge is -2.21. The van der Waals surface area contributed by atoms with Crippen molar-refractivity contribution in [3.8, 4) is 11.5 Å². The summed E-state index contributed by atoms with van der Waals surface area (Å²) in [6.07, 6.45) is -0.995. The van der Waals surface area contributed by atoms with E-state index in [0.29, 0.717) is 24.0 Å². The van der Waals surface area contributed by atoms with E-state index < -0.39 is 64.3 Å². The minimum absolute atomic E-state index is 0.0520. The highest BCUT2D eigenvalue weighted by Gasteiger charge is 2.33. The molecule has 3 aromatic rings. The number of aromatic amines is 1. The van der Waals surface area contributed by atoms with Gasteiger partial charge in [-0.05, 0) is 54.7 Å². The third-order valence-corrected chi connectivity index (χ3v) is 7.79. The molecule has 10 nitrogen and oxygen atoms in total. The highest BCUT2D eigenvalue weighted by Crippen LogP contribution is 2.38. The number of rotatable bonds is 14. The molecule has 1 aliphatic rings. The number of carbonyl (C=O) groups is 2. The molecule has 1 atom stereocenters. The molecule has 2 N–H and O–H groups in total. The lowest BCUT2D eigenvalue weighted by atomic mass is 10.0. The van der Waals surface area contributed by atoms with Crippen LogP contribution in [0.3, 0.4) is 0 Å². The Labute approximate surface area is 275 Å². The number of carbonyl (C=O) groups excluding carboxylic acids is 2. The highest BCUT2D eigenvalue weighted by molar-refractivity contribution is 7.92. The molecule has 0 radical (unpaired) electrons. The Morgan fingerprint density at radius 2 is 1.72 bits per heavy atom. The molecule has 0 bridgehead atoms. The van der Waals surface area contributed by atoms with Crippen LogP contribution in [0.15, 0.2) is 48.8 Å². The number of H-pyrrole nitrogens is 1. The fraction of sp³-hybridized carbons (Fsp3) is 0.345. The van der Waals surface area contributed by atoms with Gasteiger partial charge in [0.25, 0.3) is 0 Å². The van der Waals surface area contributed by atoms with Crippen LogP contribution in [0.1, 0.15) is 46.0 Å². The van der Waals surface area contributed by atoms with Crippen LogP contribution in [0, 0.1) is 5.92 Å². The average Bonchev–Trinajstić information content (AvgIpc) is 3.79. The third kappa shape index (κ3) is 10.8. The summed E-state index contributed by atoms with van der Waals surface area (Å²) >= 11 is 12.6. The zero-order valence-corrected chi connectivity index (χ0v) is 26.5. The predicted octanol–water partition coefficient (Wildman–Crippen LogP) is 6.27. The second-order valence-corrected chi connectivity index (χ2v) is 13.0. The van der Waals surface area contributed by atoms with Crippen molar-refractivity contribution >= 4 is 50.9 Å². The zero-order chi connectivity index (χ0) is 34.5. The summed E-state index contributed by atoms with van der Waals surface area (Å²) in [7, 11) is -4.01. The predicted molar refractivity (Wildman–Crippen MR) is 157 cm³/mol. The van der Waals surface area contributed by atoms with Crippen LogP contribution >= 0.6 is 23.2 Å². The number of hydrogen-bond donors (Lipinski definition) is 1. The smallest absolute Gasteiger partial charge is 0.416 e. The largest absolute Gasteiger partial charge is 0.489 e. The normalized spacial score (nSPS) is 14.0. The molecule has 18 heteroatoms. The fourth-order valence-electron chi connectivity index (χ4n) is 4.19. The summed E-state index contributed by atoms with van der Waals surface area (Å²) in [5.74, 6) is -2.62. The van der Waals surface area contributed by atoms with Crippen molar-refractivity contribution in [3.05, 3.63) is 81.1 Å². The monoisotopic (exact) mass is 727 g/mol. The van der Waals surface area contributed by atoms with Crippen molar-refractivity contribution < 1.29 is 63.9 Å². The van der Waals surface area contributed by atoms with E-state index in [2.05, 4.69) is 9.72 Å². The molecule has 1 aliphatic carbocycles. The number of halogens is 7. The van der Waals surface area contributed by atoms with Gasteiger partial charge in [-0.1, -0.05) is 29.3 Å². The standard InChI is InChI=1S/C29H25Cl2F5N2O8S/c1-47(41,42)38-19-7-17(6-18(9-19)29(34,35)36)27(40)44-14-26(39)45-24(10-20-21(30)11-37-12-22(20)31)16-4-5-23(46-28(32)33)25(8-16)43-13-15-2-3-15/h4-9,11-12,15,24,28,38H,2-3,10,13-14H2,1H3/p+1/t24-/m0/s1. The van der Waals surface area contributed by atoms with Crippen molar-refractivity contribution in [2.24, 2.45) is 5.92 Å². The molecule has 1 saturated carbocycles. The van der Waals surface area contributed by atoms with Gasteiger partial charge in [0.05, 0.1) is 24.0 Å². The van der Waals surface area contributed by atoms with Crippen molar-refractivity contribution in [1.82, 2.24) is 0 Å². The number of pyridine rings is 1. The molecule has 254 valence electrons. The summed E-state index contributed by atoms with van der Waals surface area (Å²) in [5.41, 5.74) is -2.07. The number of alkyl halides is 5. The number of aromatic nitrogens is 1. The zero-order valence-electron chi connectivity index (χ0n) is 24.2. The van der Waals surface area contributed by atoms with Gasteiger partial charge in [0, 0.05) is 17.7 Å². The van der Waals surface area contributed by atoms with E-state index in [-0.39, 0.29) is 46.1 Å². The van der Waals surface area contributed by atoms with Crippen LogP contribution in [-0.4, -0.2) is 46.4 Å². The topological polar surface area (TPSA) is 131 Å². The number of anilines is 1. The maximum absolute atomic E-state index is 13.4. The van der Waals surface area contributed by atoms with Gasteiger partial charge in [-0.15, -0.1) is 0 Å². The van der Waals surface area contributed by atoms with E-state index in [0.717, 1.165) is 18.9 Å². The second kappa shape index (κ2) is 14.9. The Hall–Kier alpha value is -3.89. The van der Waals surface area contributed by atoms with E-state index in [4.69, 9.17) is 37.4 Å². The van der Waals surface area contributed by atoms with Gasteiger partial charge < -0.3 is 18.9 Å². The number of sulfonamides is 1. The molecule has 1 fully saturated rings. The maximum Gasteiger partial charge on any atom is 0.416 e. The molecule has 0 aliphatic heterocycles. The molecule has 2 aromatic carbocycles. The molecular formula is C29H26Cl2F5N2O8S+. The first-order valence-corrected chi connectivity index (χ1v) is 16.3. The molecule has 1 aromatic heterocycles. The Balaban J connectivity index is 1.57. The summed E-state index contributed by atoms with van der Waals surface area (Å²) in [6, 6.07) is 5.57. The van der Waals surface area contributed by atoms with Crippen molar-refractivity contribution in [3.63, 3.8) is 0 Å². The van der Waals surface area contributed by atoms with Crippen molar-refractivity contribution in [2.45, 2.75) is 38.2 Å². The van der Waals surface area contributed by atoms with Gasteiger partial charge in [0.2, 0.25) is 10.0 Å². The molecule has 1 heterocycles. The van der Waals surface area contributed by atoms with Gasteiger partial charge in [-0.2, -0.15) is 22.0 Å². The Kier molecular flexibility index (Phi) is 11.4. The summed E-state index contributed by atoms with van der Waals surface area (Å²) in [4.78, 5) is 28.3. The Morgan fingerprint density at radius 3 is 2.32 bits per heavy atom.